The molecular formula is C11H16N2S2. The average molecular weight is 240 g/mol. The first-order valence-electron chi connectivity index (χ1n) is 5.70. The van der Waals surface area contributed by atoms with Gasteiger partial charge in [-0.3, -0.25) is 0 Å². The Kier molecular flexibility index (Phi) is 2.99. The van der Waals surface area contributed by atoms with Gasteiger partial charge in [0.15, 0.2) is 0 Å². The van der Waals surface area contributed by atoms with E-state index in [0.717, 1.165) is 5.92 Å². The van der Waals surface area contributed by atoms with Crippen LogP contribution in [0.3, 0.4) is 0 Å². The molecule has 2 unspecified atom stereocenters. The monoisotopic (exact) mass is 240 g/mol. The number of rotatable bonds is 2. The van der Waals surface area contributed by atoms with Crippen LogP contribution in [0.1, 0.15) is 41.9 Å². The Morgan fingerprint density at radius 2 is 2.40 bits per heavy atom. The van der Waals surface area contributed by atoms with Crippen LogP contribution in [0.5, 0.6) is 0 Å². The van der Waals surface area contributed by atoms with Crippen molar-refractivity contribution in [1.82, 2.24) is 10.3 Å². The van der Waals surface area contributed by atoms with Crippen molar-refractivity contribution in [1.29, 1.82) is 0 Å². The highest BCUT2D eigenvalue weighted by atomic mass is 32.2. The van der Waals surface area contributed by atoms with Gasteiger partial charge in [0, 0.05) is 17.1 Å². The van der Waals surface area contributed by atoms with Crippen molar-refractivity contribution in [3.05, 3.63) is 16.1 Å². The first kappa shape index (κ1) is 10.1. The smallest absolute Gasteiger partial charge is 0.110 e. The molecule has 2 aliphatic rings. The molecule has 0 radical (unpaired) electrons. The highest BCUT2D eigenvalue weighted by Gasteiger charge is 2.23. The molecule has 0 amide bonds. The van der Waals surface area contributed by atoms with E-state index < -0.39 is 0 Å². The van der Waals surface area contributed by atoms with Crippen LogP contribution in [-0.2, 0) is 0 Å². The van der Waals surface area contributed by atoms with Gasteiger partial charge < -0.3 is 5.32 Å². The van der Waals surface area contributed by atoms with E-state index in [0.29, 0.717) is 6.04 Å². The summed E-state index contributed by atoms with van der Waals surface area (Å²) in [6.07, 6.45) is 3.90. The zero-order valence-electron chi connectivity index (χ0n) is 8.74. The predicted molar refractivity (Wildman–Crippen MR) is 66.8 cm³/mol. The Balaban J connectivity index is 1.74. The van der Waals surface area contributed by atoms with Gasteiger partial charge in [0.25, 0.3) is 0 Å². The molecule has 0 spiro atoms. The van der Waals surface area contributed by atoms with Crippen molar-refractivity contribution in [2.24, 2.45) is 0 Å². The second-order valence-corrected chi connectivity index (χ2v) is 6.36. The molecule has 2 fully saturated rings. The summed E-state index contributed by atoms with van der Waals surface area (Å²) in [5, 5.41) is 7.12. The molecule has 15 heavy (non-hydrogen) atoms. The summed E-state index contributed by atoms with van der Waals surface area (Å²) in [4.78, 5) is 4.82. The fraction of sp³-hybridized carbons (Fsp3) is 0.727. The Hall–Kier alpha value is -0.0600. The molecule has 2 atom stereocenters. The Morgan fingerprint density at radius 3 is 3.13 bits per heavy atom. The summed E-state index contributed by atoms with van der Waals surface area (Å²) in [6.45, 7) is 1.17. The van der Waals surface area contributed by atoms with Crippen LogP contribution < -0.4 is 5.32 Å². The lowest BCUT2D eigenvalue weighted by atomic mass is 10.1. The van der Waals surface area contributed by atoms with E-state index >= 15 is 0 Å². The lowest BCUT2D eigenvalue weighted by Gasteiger charge is -2.06. The zero-order chi connectivity index (χ0) is 10.1. The van der Waals surface area contributed by atoms with Crippen LogP contribution in [0, 0.1) is 0 Å². The van der Waals surface area contributed by atoms with Gasteiger partial charge in [-0.1, -0.05) is 0 Å². The summed E-state index contributed by atoms with van der Waals surface area (Å²) in [6, 6.07) is 0.554. The lowest BCUT2D eigenvalue weighted by Crippen LogP contribution is -2.12. The second-order valence-electron chi connectivity index (χ2n) is 4.32. The van der Waals surface area contributed by atoms with E-state index in [1.54, 1.807) is 0 Å². The van der Waals surface area contributed by atoms with Gasteiger partial charge in [0.1, 0.15) is 5.01 Å². The highest BCUT2D eigenvalue weighted by molar-refractivity contribution is 7.99. The summed E-state index contributed by atoms with van der Waals surface area (Å²) in [5.41, 5.74) is 1.36. The number of hydrogen-bond donors (Lipinski definition) is 1. The van der Waals surface area contributed by atoms with Gasteiger partial charge in [-0.05, 0) is 31.6 Å². The van der Waals surface area contributed by atoms with Crippen LogP contribution in [-0.4, -0.2) is 23.0 Å². The predicted octanol–water partition coefficient (Wildman–Crippen LogP) is 2.79. The van der Waals surface area contributed by atoms with E-state index in [1.165, 1.54) is 48.0 Å². The summed E-state index contributed by atoms with van der Waals surface area (Å²) in [7, 11) is 0. The summed E-state index contributed by atoms with van der Waals surface area (Å²) in [5.74, 6) is 3.34. The molecule has 0 saturated carbocycles. The zero-order valence-corrected chi connectivity index (χ0v) is 10.4. The SMILES string of the molecule is c1sc(C2CCCN2)nc1C1CCSC1. The topological polar surface area (TPSA) is 24.9 Å². The molecular weight excluding hydrogens is 224 g/mol. The number of nitrogens with one attached hydrogen (secondary N) is 1. The third-order valence-electron chi connectivity index (χ3n) is 3.25. The summed E-state index contributed by atoms with van der Waals surface area (Å²) >= 11 is 3.92. The van der Waals surface area contributed by atoms with Gasteiger partial charge in [0.2, 0.25) is 0 Å². The standard InChI is InChI=1S/C11H16N2S2/c1-2-9(12-4-1)11-13-10(7-15-11)8-3-5-14-6-8/h7-9,12H,1-6H2. The quantitative estimate of drug-likeness (QED) is 0.860. The molecule has 2 aliphatic heterocycles. The van der Waals surface area contributed by atoms with Gasteiger partial charge >= 0.3 is 0 Å². The lowest BCUT2D eigenvalue weighted by molar-refractivity contribution is 0.635. The minimum absolute atomic E-state index is 0.554. The third kappa shape index (κ3) is 2.08. The molecule has 0 aromatic carbocycles. The Labute approximate surface area is 98.9 Å². The van der Waals surface area contributed by atoms with E-state index in [-0.39, 0.29) is 0 Å². The van der Waals surface area contributed by atoms with Crippen LogP contribution in [0.2, 0.25) is 0 Å². The first-order valence-corrected chi connectivity index (χ1v) is 7.73. The highest BCUT2D eigenvalue weighted by Crippen LogP contribution is 2.34. The number of hydrogen-bond acceptors (Lipinski definition) is 4. The van der Waals surface area contributed by atoms with Crippen molar-refractivity contribution in [2.75, 3.05) is 18.1 Å². The Morgan fingerprint density at radius 1 is 1.40 bits per heavy atom. The number of thioether (sulfide) groups is 1. The normalized spacial score (nSPS) is 31.2. The third-order valence-corrected chi connectivity index (χ3v) is 5.39. The molecule has 1 aromatic heterocycles. The summed E-state index contributed by atoms with van der Waals surface area (Å²) < 4.78 is 0. The molecule has 3 rings (SSSR count). The van der Waals surface area contributed by atoms with Crippen molar-refractivity contribution in [2.45, 2.75) is 31.2 Å². The van der Waals surface area contributed by atoms with Crippen molar-refractivity contribution in [3.63, 3.8) is 0 Å². The molecule has 0 bridgehead atoms. The fourth-order valence-corrected chi connectivity index (χ4v) is 4.56. The van der Waals surface area contributed by atoms with Crippen LogP contribution in [0.15, 0.2) is 5.38 Å². The molecule has 1 aromatic rings. The molecule has 4 heteroatoms. The molecule has 1 N–H and O–H groups in total. The Bertz CT molecular complexity index is 295. The van der Waals surface area contributed by atoms with Crippen LogP contribution >= 0.6 is 23.1 Å². The van der Waals surface area contributed by atoms with Gasteiger partial charge in [0.05, 0.1) is 11.7 Å². The first-order chi connectivity index (χ1) is 7.43. The molecule has 2 nitrogen and oxygen atoms in total. The second kappa shape index (κ2) is 4.44. The fourth-order valence-electron chi connectivity index (χ4n) is 2.31. The van der Waals surface area contributed by atoms with Crippen LogP contribution in [0.4, 0.5) is 0 Å². The van der Waals surface area contributed by atoms with Crippen molar-refractivity contribution in [3.8, 4) is 0 Å². The number of thiazole rings is 1. The molecule has 3 heterocycles. The van der Waals surface area contributed by atoms with E-state index in [9.17, 15) is 0 Å². The van der Waals surface area contributed by atoms with Gasteiger partial charge in [-0.2, -0.15) is 11.8 Å². The van der Waals surface area contributed by atoms with Crippen molar-refractivity contribution < 1.29 is 0 Å². The minimum atomic E-state index is 0.554. The molecule has 2 saturated heterocycles. The van der Waals surface area contributed by atoms with Gasteiger partial charge in [-0.25, -0.2) is 4.98 Å². The van der Waals surface area contributed by atoms with E-state index in [4.69, 9.17) is 4.98 Å². The molecule has 82 valence electrons. The minimum Gasteiger partial charge on any atom is -0.308 e. The van der Waals surface area contributed by atoms with Crippen molar-refractivity contribution >= 4 is 23.1 Å². The average Bonchev–Trinajstić information content (AvgIpc) is 3.02. The maximum atomic E-state index is 4.82. The number of aromatic nitrogens is 1. The largest absolute Gasteiger partial charge is 0.308 e. The van der Waals surface area contributed by atoms with E-state index in [1.807, 2.05) is 11.3 Å². The number of nitrogens with zero attached hydrogens (tertiary/aromatic N) is 1. The maximum absolute atomic E-state index is 4.82. The maximum Gasteiger partial charge on any atom is 0.110 e. The van der Waals surface area contributed by atoms with Crippen LogP contribution in [0.25, 0.3) is 0 Å². The van der Waals surface area contributed by atoms with Gasteiger partial charge in [-0.15, -0.1) is 11.3 Å². The molecule has 0 aliphatic carbocycles. The van der Waals surface area contributed by atoms with E-state index in [2.05, 4.69) is 22.5 Å².